The van der Waals surface area contributed by atoms with E-state index in [0.717, 1.165) is 56.8 Å². The number of fused-ring (bicyclic) bond motifs is 1. The van der Waals surface area contributed by atoms with Crippen molar-refractivity contribution >= 4 is 11.9 Å². The molecule has 1 fully saturated rings. The Morgan fingerprint density at radius 3 is 2.47 bits per heavy atom. The Bertz CT molecular complexity index is 902. The Morgan fingerprint density at radius 2 is 1.90 bits per heavy atom. The molecular formula is C18H22F3N5O4. The van der Waals surface area contributed by atoms with Crippen LogP contribution in [0.4, 0.5) is 13.2 Å². The first-order valence-electron chi connectivity index (χ1n) is 9.42. The standard InChI is InChI=1S/C16H21N5O2.C2HF3O2/c1-19-9-12(8-17-19)10-20-7-4-14-13(11-20)15(18-23-14)16(22)21-5-2-3-6-21;3-2(4,5)1(6)7/h8-9H,2-7,10-11H2,1H3;(H,6,7). The second kappa shape index (κ2) is 8.86. The van der Waals surface area contributed by atoms with E-state index in [1.54, 1.807) is 0 Å². The number of carboxylic acid groups (broad SMARTS) is 1. The van der Waals surface area contributed by atoms with E-state index in [1.165, 1.54) is 5.56 Å². The molecule has 1 N–H and O–H groups in total. The highest BCUT2D eigenvalue weighted by atomic mass is 19.4. The van der Waals surface area contributed by atoms with Crippen LogP contribution < -0.4 is 0 Å². The molecule has 2 aliphatic heterocycles. The van der Waals surface area contributed by atoms with Gasteiger partial charge in [0.1, 0.15) is 5.76 Å². The van der Waals surface area contributed by atoms with Crippen molar-refractivity contribution in [1.29, 1.82) is 0 Å². The Kier molecular flexibility index (Phi) is 6.44. The van der Waals surface area contributed by atoms with Crippen LogP contribution in [0, 0.1) is 0 Å². The minimum Gasteiger partial charge on any atom is -0.475 e. The van der Waals surface area contributed by atoms with Gasteiger partial charge >= 0.3 is 12.1 Å². The molecule has 0 aromatic carbocycles. The molecule has 30 heavy (non-hydrogen) atoms. The number of hydrogen-bond acceptors (Lipinski definition) is 6. The Labute approximate surface area is 170 Å². The number of rotatable bonds is 3. The highest BCUT2D eigenvalue weighted by Gasteiger charge is 2.38. The molecule has 12 heteroatoms. The van der Waals surface area contributed by atoms with Gasteiger partial charge in [-0.2, -0.15) is 18.3 Å². The fourth-order valence-electron chi connectivity index (χ4n) is 3.45. The van der Waals surface area contributed by atoms with E-state index in [4.69, 9.17) is 14.4 Å². The Morgan fingerprint density at radius 1 is 1.23 bits per heavy atom. The van der Waals surface area contributed by atoms with Crippen LogP contribution in [0.25, 0.3) is 0 Å². The van der Waals surface area contributed by atoms with Gasteiger partial charge in [0.2, 0.25) is 0 Å². The maximum atomic E-state index is 12.6. The molecule has 1 saturated heterocycles. The van der Waals surface area contributed by atoms with Gasteiger partial charge in [0.05, 0.1) is 6.20 Å². The summed E-state index contributed by atoms with van der Waals surface area (Å²) in [5, 5.41) is 15.4. The average Bonchev–Trinajstić information content (AvgIpc) is 3.42. The molecule has 0 radical (unpaired) electrons. The van der Waals surface area contributed by atoms with Crippen LogP contribution in [0.2, 0.25) is 0 Å². The molecule has 4 heterocycles. The molecule has 1 amide bonds. The molecule has 0 atom stereocenters. The maximum Gasteiger partial charge on any atom is 0.490 e. The molecular weight excluding hydrogens is 407 g/mol. The van der Waals surface area contributed by atoms with Crippen LogP contribution in [0.1, 0.15) is 40.2 Å². The van der Waals surface area contributed by atoms with E-state index in [1.807, 2.05) is 29.0 Å². The Balaban J connectivity index is 0.000000318. The van der Waals surface area contributed by atoms with Crippen molar-refractivity contribution in [2.45, 2.75) is 38.5 Å². The summed E-state index contributed by atoms with van der Waals surface area (Å²) in [7, 11) is 1.92. The fourth-order valence-corrected chi connectivity index (χ4v) is 3.45. The first kappa shape index (κ1) is 21.8. The van der Waals surface area contributed by atoms with Gasteiger partial charge in [0.15, 0.2) is 5.69 Å². The van der Waals surface area contributed by atoms with Crippen LogP contribution >= 0.6 is 0 Å². The number of halogens is 3. The van der Waals surface area contributed by atoms with E-state index in [0.29, 0.717) is 12.2 Å². The lowest BCUT2D eigenvalue weighted by molar-refractivity contribution is -0.192. The van der Waals surface area contributed by atoms with Crippen molar-refractivity contribution in [3.8, 4) is 0 Å². The van der Waals surface area contributed by atoms with Crippen molar-refractivity contribution in [2.24, 2.45) is 7.05 Å². The van der Waals surface area contributed by atoms with E-state index in [9.17, 15) is 18.0 Å². The molecule has 2 aromatic heterocycles. The third-order valence-electron chi connectivity index (χ3n) is 4.91. The number of carboxylic acids is 1. The van der Waals surface area contributed by atoms with Gasteiger partial charge in [-0.05, 0) is 12.8 Å². The first-order valence-corrected chi connectivity index (χ1v) is 9.42. The first-order chi connectivity index (χ1) is 14.1. The lowest BCUT2D eigenvalue weighted by atomic mass is 10.0. The highest BCUT2D eigenvalue weighted by molar-refractivity contribution is 5.94. The highest BCUT2D eigenvalue weighted by Crippen LogP contribution is 2.25. The summed E-state index contributed by atoms with van der Waals surface area (Å²) >= 11 is 0. The molecule has 2 aromatic rings. The zero-order valence-electron chi connectivity index (χ0n) is 16.4. The minimum atomic E-state index is -5.08. The van der Waals surface area contributed by atoms with E-state index in [2.05, 4.69) is 15.2 Å². The van der Waals surface area contributed by atoms with E-state index in [-0.39, 0.29) is 5.91 Å². The number of nitrogens with zero attached hydrogens (tertiary/aromatic N) is 5. The summed E-state index contributed by atoms with van der Waals surface area (Å²) in [6.45, 7) is 4.12. The van der Waals surface area contributed by atoms with Crippen molar-refractivity contribution in [2.75, 3.05) is 19.6 Å². The van der Waals surface area contributed by atoms with Crippen molar-refractivity contribution in [3.63, 3.8) is 0 Å². The van der Waals surface area contributed by atoms with Crippen LogP contribution in [0.3, 0.4) is 0 Å². The van der Waals surface area contributed by atoms with Crippen LogP contribution in [0.15, 0.2) is 16.9 Å². The summed E-state index contributed by atoms with van der Waals surface area (Å²) < 4.78 is 39.0. The fraction of sp³-hybridized carbons (Fsp3) is 0.556. The normalized spacial score (nSPS) is 16.7. The number of amides is 1. The monoisotopic (exact) mass is 429 g/mol. The molecule has 0 unspecified atom stereocenters. The van der Waals surface area contributed by atoms with Crippen molar-refractivity contribution < 1.29 is 32.4 Å². The van der Waals surface area contributed by atoms with Gasteiger partial charge in [-0.15, -0.1) is 0 Å². The number of carbonyl (C=O) groups is 2. The zero-order valence-corrected chi connectivity index (χ0v) is 16.4. The number of aliphatic carboxylic acids is 1. The number of hydrogen-bond donors (Lipinski definition) is 1. The second-order valence-corrected chi connectivity index (χ2v) is 7.22. The van der Waals surface area contributed by atoms with Gasteiger partial charge in [0.25, 0.3) is 5.91 Å². The molecule has 0 saturated carbocycles. The number of aromatic nitrogens is 3. The van der Waals surface area contributed by atoms with Crippen molar-refractivity contribution in [1.82, 2.24) is 24.7 Å². The van der Waals surface area contributed by atoms with Gasteiger partial charge in [-0.25, -0.2) is 4.79 Å². The smallest absolute Gasteiger partial charge is 0.475 e. The molecule has 0 bridgehead atoms. The quantitative estimate of drug-likeness (QED) is 0.794. The summed E-state index contributed by atoms with van der Waals surface area (Å²) in [5.41, 5.74) is 2.66. The molecule has 2 aliphatic rings. The Hall–Kier alpha value is -2.89. The van der Waals surface area contributed by atoms with Crippen molar-refractivity contribution in [3.05, 3.63) is 35.0 Å². The van der Waals surface area contributed by atoms with Gasteiger partial charge in [0, 0.05) is 63.5 Å². The third-order valence-corrected chi connectivity index (χ3v) is 4.91. The molecule has 0 aliphatic carbocycles. The second-order valence-electron chi connectivity index (χ2n) is 7.22. The molecule has 0 spiro atoms. The molecule has 4 rings (SSSR count). The topological polar surface area (TPSA) is 105 Å². The predicted molar refractivity (Wildman–Crippen MR) is 96.4 cm³/mol. The molecule has 164 valence electrons. The van der Waals surface area contributed by atoms with Gasteiger partial charge < -0.3 is 14.5 Å². The van der Waals surface area contributed by atoms with Crippen LogP contribution in [-0.4, -0.2) is 67.5 Å². The lowest BCUT2D eigenvalue weighted by Gasteiger charge is -2.25. The third kappa shape index (κ3) is 5.17. The number of likely N-dealkylation sites (tertiary alicyclic amines) is 1. The average molecular weight is 429 g/mol. The van der Waals surface area contributed by atoms with E-state index >= 15 is 0 Å². The lowest BCUT2D eigenvalue weighted by Crippen LogP contribution is -2.33. The number of alkyl halides is 3. The number of carbonyl (C=O) groups excluding carboxylic acids is 1. The summed E-state index contributed by atoms with van der Waals surface area (Å²) in [5.74, 6) is -1.86. The SMILES string of the molecule is Cn1cc(CN2CCc3onc(C(=O)N4CCCC4)c3C2)cn1.O=C(O)C(F)(F)F. The largest absolute Gasteiger partial charge is 0.490 e. The summed E-state index contributed by atoms with van der Waals surface area (Å²) in [6, 6.07) is 0. The van der Waals surface area contributed by atoms with Crippen LogP contribution in [0.5, 0.6) is 0 Å². The van der Waals surface area contributed by atoms with Gasteiger partial charge in [-0.1, -0.05) is 5.16 Å². The number of aryl methyl sites for hydroxylation is 1. The maximum absolute atomic E-state index is 12.6. The zero-order chi connectivity index (χ0) is 21.9. The van der Waals surface area contributed by atoms with Gasteiger partial charge in [-0.3, -0.25) is 14.4 Å². The summed E-state index contributed by atoms with van der Waals surface area (Å²) in [6.07, 6.45) is 1.80. The van der Waals surface area contributed by atoms with E-state index < -0.39 is 12.1 Å². The summed E-state index contributed by atoms with van der Waals surface area (Å²) in [4.78, 5) is 25.7. The predicted octanol–water partition coefficient (Wildman–Crippen LogP) is 1.84. The minimum absolute atomic E-state index is 0.0238. The molecule has 9 nitrogen and oxygen atoms in total. The van der Waals surface area contributed by atoms with Crippen LogP contribution in [-0.2, 0) is 31.4 Å².